The molecule has 6 nitrogen and oxygen atoms in total. The van der Waals surface area contributed by atoms with Crippen LogP contribution in [0.15, 0.2) is 36.5 Å². The van der Waals surface area contributed by atoms with Gasteiger partial charge >= 0.3 is 0 Å². The van der Waals surface area contributed by atoms with Gasteiger partial charge < -0.3 is 5.73 Å². The van der Waals surface area contributed by atoms with Crippen molar-refractivity contribution in [2.75, 3.05) is 13.6 Å². The molecule has 0 spiro atoms. The molecule has 0 fully saturated rings. The molecule has 1 aromatic heterocycles. The number of sulfonamides is 1. The Morgan fingerprint density at radius 1 is 1.30 bits per heavy atom. The second-order valence-corrected chi connectivity index (χ2v) is 6.55. The van der Waals surface area contributed by atoms with Crippen LogP contribution in [0.4, 0.5) is 0 Å². The van der Waals surface area contributed by atoms with Crippen LogP contribution in [-0.2, 0) is 20.6 Å². The third-order valence-electron chi connectivity index (χ3n) is 2.91. The summed E-state index contributed by atoms with van der Waals surface area (Å²) >= 11 is 0. The Hall–Kier alpha value is -1.99. The number of carbonyl (C=O) groups is 1. The van der Waals surface area contributed by atoms with Crippen LogP contribution in [0.2, 0.25) is 0 Å². The van der Waals surface area contributed by atoms with Gasteiger partial charge in [-0.15, -0.1) is 0 Å². The van der Waals surface area contributed by atoms with Gasteiger partial charge in [0.25, 0.3) is 0 Å². The van der Waals surface area contributed by atoms with Gasteiger partial charge in [0.1, 0.15) is 0 Å². The minimum Gasteiger partial charge on any atom is -0.369 e. The summed E-state index contributed by atoms with van der Waals surface area (Å²) in [6.07, 6.45) is 1.62. The minimum atomic E-state index is -3.61. The summed E-state index contributed by atoms with van der Waals surface area (Å²) in [4.78, 5) is 15.0. The second-order valence-electron chi connectivity index (χ2n) is 4.47. The Labute approximate surface area is 117 Å². The van der Waals surface area contributed by atoms with Crippen molar-refractivity contribution in [2.24, 2.45) is 5.73 Å². The average molecular weight is 293 g/mol. The van der Waals surface area contributed by atoms with Crippen LogP contribution in [0.1, 0.15) is 5.56 Å². The third-order valence-corrected chi connectivity index (χ3v) is 4.66. The molecule has 1 amide bonds. The van der Waals surface area contributed by atoms with Crippen molar-refractivity contribution in [2.45, 2.75) is 5.75 Å². The maximum atomic E-state index is 12.2. The van der Waals surface area contributed by atoms with Gasteiger partial charge in [-0.2, -0.15) is 4.31 Å². The van der Waals surface area contributed by atoms with Gasteiger partial charge in [-0.25, -0.2) is 8.42 Å². The molecule has 1 aromatic carbocycles. The average Bonchev–Trinajstić information content (AvgIpc) is 2.38. The van der Waals surface area contributed by atoms with E-state index in [-0.39, 0.29) is 12.3 Å². The van der Waals surface area contributed by atoms with E-state index in [1.807, 2.05) is 12.1 Å². The molecule has 106 valence electrons. The van der Waals surface area contributed by atoms with Gasteiger partial charge in [0.15, 0.2) is 0 Å². The Morgan fingerprint density at radius 2 is 2.00 bits per heavy atom. The van der Waals surface area contributed by atoms with E-state index < -0.39 is 15.9 Å². The normalized spacial score (nSPS) is 11.9. The van der Waals surface area contributed by atoms with Gasteiger partial charge in [-0.3, -0.25) is 9.78 Å². The SMILES string of the molecule is CN(CC(N)=O)S(=O)(=O)Cc1cccc2cccnc12. The molecule has 0 saturated heterocycles. The highest BCUT2D eigenvalue weighted by molar-refractivity contribution is 7.88. The molecule has 20 heavy (non-hydrogen) atoms. The molecule has 0 saturated carbocycles. The number of nitrogens with zero attached hydrogens (tertiary/aromatic N) is 2. The molecule has 0 atom stereocenters. The highest BCUT2D eigenvalue weighted by Gasteiger charge is 2.21. The number of pyridine rings is 1. The number of likely N-dealkylation sites (N-methyl/N-ethyl adjacent to an activating group) is 1. The van der Waals surface area contributed by atoms with Crippen LogP contribution in [-0.4, -0.2) is 37.2 Å². The fraction of sp³-hybridized carbons (Fsp3) is 0.231. The van der Waals surface area contributed by atoms with Crippen LogP contribution in [0, 0.1) is 0 Å². The molecule has 0 aliphatic heterocycles. The number of primary amides is 1. The van der Waals surface area contributed by atoms with E-state index in [0.717, 1.165) is 9.69 Å². The number of benzene rings is 1. The monoisotopic (exact) mass is 293 g/mol. The first kappa shape index (κ1) is 14.4. The van der Waals surface area contributed by atoms with Gasteiger partial charge in [0, 0.05) is 18.6 Å². The largest absolute Gasteiger partial charge is 0.369 e. The van der Waals surface area contributed by atoms with Crippen LogP contribution in [0.5, 0.6) is 0 Å². The smallest absolute Gasteiger partial charge is 0.232 e. The highest BCUT2D eigenvalue weighted by Crippen LogP contribution is 2.19. The number of nitrogens with two attached hydrogens (primary N) is 1. The zero-order chi connectivity index (χ0) is 14.8. The number of hydrogen-bond acceptors (Lipinski definition) is 4. The molecule has 0 unspecified atom stereocenters. The lowest BCUT2D eigenvalue weighted by Gasteiger charge is -2.15. The number of fused-ring (bicyclic) bond motifs is 1. The number of rotatable bonds is 5. The Bertz CT molecular complexity index is 738. The molecule has 2 N–H and O–H groups in total. The van der Waals surface area contributed by atoms with Crippen molar-refractivity contribution < 1.29 is 13.2 Å². The van der Waals surface area contributed by atoms with Crippen molar-refractivity contribution in [3.8, 4) is 0 Å². The van der Waals surface area contributed by atoms with E-state index in [9.17, 15) is 13.2 Å². The van der Waals surface area contributed by atoms with Crippen LogP contribution >= 0.6 is 0 Å². The van der Waals surface area contributed by atoms with E-state index in [2.05, 4.69) is 4.98 Å². The predicted molar refractivity (Wildman–Crippen MR) is 76.2 cm³/mol. The molecule has 2 aromatic rings. The lowest BCUT2D eigenvalue weighted by Crippen LogP contribution is -2.36. The number of para-hydroxylation sites is 1. The molecule has 1 heterocycles. The van der Waals surface area contributed by atoms with Gasteiger partial charge in [-0.05, 0) is 11.6 Å². The number of carbonyl (C=O) groups excluding carboxylic acids is 1. The lowest BCUT2D eigenvalue weighted by molar-refractivity contribution is -0.118. The molecule has 7 heteroatoms. The lowest BCUT2D eigenvalue weighted by atomic mass is 10.1. The first-order valence-corrected chi connectivity index (χ1v) is 7.56. The summed E-state index contributed by atoms with van der Waals surface area (Å²) in [5.74, 6) is -0.905. The molecule has 0 radical (unpaired) electrons. The summed E-state index contributed by atoms with van der Waals surface area (Å²) in [6, 6.07) is 9.02. The molecule has 0 aliphatic rings. The van der Waals surface area contributed by atoms with Crippen LogP contribution in [0.3, 0.4) is 0 Å². The topological polar surface area (TPSA) is 93.4 Å². The summed E-state index contributed by atoms with van der Waals surface area (Å²) in [7, 11) is -2.28. The van der Waals surface area contributed by atoms with Crippen molar-refractivity contribution in [1.29, 1.82) is 0 Å². The number of hydrogen-bond donors (Lipinski definition) is 1. The van der Waals surface area contributed by atoms with E-state index in [4.69, 9.17) is 5.73 Å². The van der Waals surface area contributed by atoms with Crippen molar-refractivity contribution >= 4 is 26.8 Å². The fourth-order valence-electron chi connectivity index (χ4n) is 1.91. The standard InChI is InChI=1S/C13H15N3O3S/c1-16(8-12(14)17)20(18,19)9-11-5-2-4-10-6-3-7-15-13(10)11/h2-7H,8-9H2,1H3,(H2,14,17). The van der Waals surface area contributed by atoms with E-state index >= 15 is 0 Å². The highest BCUT2D eigenvalue weighted by atomic mass is 32.2. The Kier molecular flexibility index (Phi) is 4.01. The zero-order valence-electron chi connectivity index (χ0n) is 11.0. The molecule has 0 bridgehead atoms. The van der Waals surface area contributed by atoms with Crippen molar-refractivity contribution in [1.82, 2.24) is 9.29 Å². The van der Waals surface area contributed by atoms with Crippen LogP contribution in [0.25, 0.3) is 10.9 Å². The maximum absolute atomic E-state index is 12.2. The summed E-state index contributed by atoms with van der Waals surface area (Å²) in [5, 5.41) is 0.873. The molecular formula is C13H15N3O3S. The quantitative estimate of drug-likeness (QED) is 0.867. The Balaban J connectivity index is 2.34. The van der Waals surface area contributed by atoms with Crippen molar-refractivity contribution in [3.63, 3.8) is 0 Å². The van der Waals surface area contributed by atoms with E-state index in [1.54, 1.807) is 24.4 Å². The maximum Gasteiger partial charge on any atom is 0.232 e. The van der Waals surface area contributed by atoms with E-state index in [0.29, 0.717) is 11.1 Å². The van der Waals surface area contributed by atoms with Crippen molar-refractivity contribution in [3.05, 3.63) is 42.1 Å². The van der Waals surface area contributed by atoms with E-state index in [1.165, 1.54) is 7.05 Å². The number of aromatic nitrogens is 1. The van der Waals surface area contributed by atoms with Gasteiger partial charge in [0.2, 0.25) is 15.9 Å². The van der Waals surface area contributed by atoms with Gasteiger partial charge in [-0.1, -0.05) is 24.3 Å². The second kappa shape index (κ2) is 5.56. The molecule has 0 aliphatic carbocycles. The summed E-state index contributed by atoms with van der Waals surface area (Å²) in [6.45, 7) is -0.333. The summed E-state index contributed by atoms with van der Waals surface area (Å²) in [5.41, 5.74) is 6.26. The summed E-state index contributed by atoms with van der Waals surface area (Å²) < 4.78 is 25.3. The fourth-order valence-corrected chi connectivity index (χ4v) is 3.08. The first-order chi connectivity index (χ1) is 9.40. The molecular weight excluding hydrogens is 278 g/mol. The first-order valence-electron chi connectivity index (χ1n) is 5.95. The van der Waals surface area contributed by atoms with Crippen LogP contribution < -0.4 is 5.73 Å². The third kappa shape index (κ3) is 3.12. The minimum absolute atomic E-state index is 0.217. The zero-order valence-corrected chi connectivity index (χ0v) is 11.8. The Morgan fingerprint density at radius 3 is 2.70 bits per heavy atom. The van der Waals surface area contributed by atoms with Gasteiger partial charge in [0.05, 0.1) is 17.8 Å². The molecule has 2 rings (SSSR count). The number of amides is 1. The predicted octanol–water partition coefficient (Wildman–Crippen LogP) is 0.482.